The summed E-state index contributed by atoms with van der Waals surface area (Å²) in [6, 6.07) is 6.75. The van der Waals surface area contributed by atoms with Crippen LogP contribution in [0.15, 0.2) is 24.3 Å². The van der Waals surface area contributed by atoms with Crippen molar-refractivity contribution in [3.8, 4) is 0 Å². The summed E-state index contributed by atoms with van der Waals surface area (Å²) in [5.74, 6) is -0.0248. The van der Waals surface area contributed by atoms with Crippen LogP contribution in [0, 0.1) is 0 Å². The van der Waals surface area contributed by atoms with Crippen LogP contribution in [0.25, 0.3) is 0 Å². The Hall–Kier alpha value is -1.72. The Morgan fingerprint density at radius 1 is 1.33 bits per heavy atom. The third-order valence-corrected chi connectivity index (χ3v) is 3.76. The van der Waals surface area contributed by atoms with Crippen LogP contribution in [0.5, 0.6) is 0 Å². The van der Waals surface area contributed by atoms with Crippen molar-refractivity contribution in [1.82, 2.24) is 4.90 Å². The van der Waals surface area contributed by atoms with Gasteiger partial charge in [-0.1, -0.05) is 0 Å². The summed E-state index contributed by atoms with van der Waals surface area (Å²) < 4.78 is 5.49. The molecule has 1 heterocycles. The van der Waals surface area contributed by atoms with E-state index in [1.54, 1.807) is 24.3 Å². The van der Waals surface area contributed by atoms with Crippen LogP contribution in [0.2, 0.25) is 0 Å². The summed E-state index contributed by atoms with van der Waals surface area (Å²) >= 11 is 0. The highest BCUT2D eigenvalue weighted by Crippen LogP contribution is 2.13. The highest BCUT2D eigenvalue weighted by Gasteiger charge is 2.25. The van der Waals surface area contributed by atoms with E-state index < -0.39 is 0 Å². The number of amides is 1. The molecule has 0 bridgehead atoms. The van der Waals surface area contributed by atoms with Gasteiger partial charge in [0.1, 0.15) is 0 Å². The number of anilines is 1. The Kier molecular flexibility index (Phi) is 5.09. The molecule has 0 spiro atoms. The van der Waals surface area contributed by atoms with E-state index in [4.69, 9.17) is 4.74 Å². The van der Waals surface area contributed by atoms with E-state index >= 15 is 0 Å². The Bertz CT molecular complexity index is 513. The van der Waals surface area contributed by atoms with Gasteiger partial charge >= 0.3 is 0 Å². The standard InChI is InChI=1S/C16H22N2O3/c1-11-10-18(8-9-21-11)12(2)16(20)17-15-6-4-14(5-7-15)13(3)19/h4-7,11-12H,8-10H2,1-3H3,(H,17,20)/t11-,12+/m0/s1. The molecule has 0 aliphatic carbocycles. The minimum Gasteiger partial charge on any atom is -0.376 e. The predicted molar refractivity (Wildman–Crippen MR) is 81.5 cm³/mol. The van der Waals surface area contributed by atoms with E-state index in [1.165, 1.54) is 6.92 Å². The van der Waals surface area contributed by atoms with Gasteiger partial charge in [0.2, 0.25) is 5.91 Å². The zero-order valence-electron chi connectivity index (χ0n) is 12.8. The second-order valence-electron chi connectivity index (χ2n) is 5.48. The smallest absolute Gasteiger partial charge is 0.241 e. The molecule has 0 radical (unpaired) electrons. The molecule has 114 valence electrons. The molecule has 1 amide bonds. The highest BCUT2D eigenvalue weighted by molar-refractivity contribution is 5.96. The summed E-state index contributed by atoms with van der Waals surface area (Å²) in [5.41, 5.74) is 1.35. The van der Waals surface area contributed by atoms with Crippen LogP contribution >= 0.6 is 0 Å². The number of Topliss-reactive ketones (excluding diaryl/α,β-unsaturated/α-hetero) is 1. The summed E-state index contributed by atoms with van der Waals surface area (Å²) in [7, 11) is 0. The van der Waals surface area contributed by atoms with Crippen molar-refractivity contribution in [2.75, 3.05) is 25.0 Å². The largest absolute Gasteiger partial charge is 0.376 e. The molecule has 1 fully saturated rings. The summed E-state index contributed by atoms with van der Waals surface area (Å²) in [5, 5.41) is 2.89. The van der Waals surface area contributed by atoms with E-state index in [9.17, 15) is 9.59 Å². The molecule has 1 N–H and O–H groups in total. The second kappa shape index (κ2) is 6.83. The normalized spacial score (nSPS) is 20.8. The number of morpholine rings is 1. The van der Waals surface area contributed by atoms with Gasteiger partial charge in [0, 0.05) is 24.3 Å². The van der Waals surface area contributed by atoms with E-state index in [-0.39, 0.29) is 23.8 Å². The molecule has 0 unspecified atom stereocenters. The van der Waals surface area contributed by atoms with Crippen molar-refractivity contribution in [2.45, 2.75) is 32.9 Å². The van der Waals surface area contributed by atoms with Gasteiger partial charge in [-0.25, -0.2) is 0 Å². The van der Waals surface area contributed by atoms with Crippen LogP contribution in [0.4, 0.5) is 5.69 Å². The first-order valence-electron chi connectivity index (χ1n) is 7.25. The van der Waals surface area contributed by atoms with E-state index in [0.29, 0.717) is 17.9 Å². The third-order valence-electron chi connectivity index (χ3n) is 3.76. The maximum Gasteiger partial charge on any atom is 0.241 e. The second-order valence-corrected chi connectivity index (χ2v) is 5.48. The van der Waals surface area contributed by atoms with Crippen molar-refractivity contribution >= 4 is 17.4 Å². The zero-order chi connectivity index (χ0) is 15.4. The number of hydrogen-bond donors (Lipinski definition) is 1. The summed E-state index contributed by atoms with van der Waals surface area (Å²) in [6.45, 7) is 7.62. The van der Waals surface area contributed by atoms with Crippen LogP contribution in [-0.4, -0.2) is 48.4 Å². The number of nitrogens with one attached hydrogen (secondary N) is 1. The molecule has 0 aromatic heterocycles. The Morgan fingerprint density at radius 3 is 2.57 bits per heavy atom. The van der Waals surface area contributed by atoms with Crippen molar-refractivity contribution < 1.29 is 14.3 Å². The molecule has 0 saturated carbocycles. The summed E-state index contributed by atoms with van der Waals surface area (Å²) in [6.07, 6.45) is 0.156. The number of nitrogens with zero attached hydrogens (tertiary/aromatic N) is 1. The van der Waals surface area contributed by atoms with Crippen LogP contribution < -0.4 is 5.32 Å². The fourth-order valence-corrected chi connectivity index (χ4v) is 2.40. The first kappa shape index (κ1) is 15.7. The maximum absolute atomic E-state index is 12.3. The van der Waals surface area contributed by atoms with Gasteiger partial charge in [0.15, 0.2) is 5.78 Å². The molecule has 2 atom stereocenters. The third kappa shape index (κ3) is 4.12. The molecule has 2 rings (SSSR count). The Labute approximate surface area is 125 Å². The minimum absolute atomic E-state index is 0.0172. The van der Waals surface area contributed by atoms with Gasteiger partial charge in [0.05, 0.1) is 18.8 Å². The molecular formula is C16H22N2O3. The van der Waals surface area contributed by atoms with Gasteiger partial charge in [-0.2, -0.15) is 0 Å². The Morgan fingerprint density at radius 2 is 2.00 bits per heavy atom. The van der Waals surface area contributed by atoms with E-state index in [1.807, 2.05) is 13.8 Å². The minimum atomic E-state index is -0.205. The SMILES string of the molecule is CC(=O)c1ccc(NC(=O)[C@@H](C)N2CCO[C@@H](C)C2)cc1. The lowest BCUT2D eigenvalue weighted by Gasteiger charge is -2.34. The predicted octanol–water partition coefficient (Wildman–Crippen LogP) is 1.94. The Balaban J connectivity index is 1.95. The van der Waals surface area contributed by atoms with Crippen LogP contribution in [0.3, 0.4) is 0 Å². The average molecular weight is 290 g/mol. The van der Waals surface area contributed by atoms with Crippen molar-refractivity contribution in [1.29, 1.82) is 0 Å². The van der Waals surface area contributed by atoms with Crippen LogP contribution in [0.1, 0.15) is 31.1 Å². The van der Waals surface area contributed by atoms with E-state index in [0.717, 1.165) is 13.1 Å². The van der Waals surface area contributed by atoms with Gasteiger partial charge < -0.3 is 10.1 Å². The molecule has 1 saturated heterocycles. The lowest BCUT2D eigenvalue weighted by Crippen LogP contribution is -2.50. The molecule has 21 heavy (non-hydrogen) atoms. The lowest BCUT2D eigenvalue weighted by atomic mass is 10.1. The number of ether oxygens (including phenoxy) is 1. The number of carbonyl (C=O) groups excluding carboxylic acids is 2. The fraction of sp³-hybridized carbons (Fsp3) is 0.500. The summed E-state index contributed by atoms with van der Waals surface area (Å²) in [4.78, 5) is 25.6. The van der Waals surface area contributed by atoms with Crippen molar-refractivity contribution in [2.24, 2.45) is 0 Å². The first-order valence-corrected chi connectivity index (χ1v) is 7.25. The number of benzene rings is 1. The van der Waals surface area contributed by atoms with Gasteiger partial charge in [-0.15, -0.1) is 0 Å². The fourth-order valence-electron chi connectivity index (χ4n) is 2.40. The van der Waals surface area contributed by atoms with Gasteiger partial charge in [-0.05, 0) is 45.0 Å². The van der Waals surface area contributed by atoms with Gasteiger partial charge in [-0.3, -0.25) is 14.5 Å². The van der Waals surface area contributed by atoms with Crippen molar-refractivity contribution in [3.63, 3.8) is 0 Å². The van der Waals surface area contributed by atoms with Crippen LogP contribution in [-0.2, 0) is 9.53 Å². The topological polar surface area (TPSA) is 58.6 Å². The van der Waals surface area contributed by atoms with E-state index in [2.05, 4.69) is 10.2 Å². The molecule has 5 nitrogen and oxygen atoms in total. The number of ketones is 1. The molecule has 1 aliphatic rings. The zero-order valence-corrected chi connectivity index (χ0v) is 12.8. The average Bonchev–Trinajstić information content (AvgIpc) is 2.47. The van der Waals surface area contributed by atoms with Gasteiger partial charge in [0.25, 0.3) is 0 Å². The monoisotopic (exact) mass is 290 g/mol. The quantitative estimate of drug-likeness (QED) is 0.861. The molecule has 1 aliphatic heterocycles. The van der Waals surface area contributed by atoms with Crippen molar-refractivity contribution in [3.05, 3.63) is 29.8 Å². The molecule has 5 heteroatoms. The first-order chi connectivity index (χ1) is 9.97. The maximum atomic E-state index is 12.3. The number of hydrogen-bond acceptors (Lipinski definition) is 4. The number of carbonyl (C=O) groups is 2. The molecular weight excluding hydrogens is 268 g/mol. The molecule has 1 aromatic carbocycles. The molecule has 1 aromatic rings. The highest BCUT2D eigenvalue weighted by atomic mass is 16.5. The number of rotatable bonds is 4. The lowest BCUT2D eigenvalue weighted by molar-refractivity contribution is -0.123.